The summed E-state index contributed by atoms with van der Waals surface area (Å²) in [6.07, 6.45) is 2.92. The molecule has 17 heavy (non-hydrogen) atoms. The maximum Gasteiger partial charge on any atom is 0.200 e. The summed E-state index contributed by atoms with van der Waals surface area (Å²) >= 11 is 0. The molecule has 0 spiro atoms. The van der Waals surface area contributed by atoms with Crippen LogP contribution in [0.5, 0.6) is 17.2 Å². The maximum atomic E-state index is 9.71. The van der Waals surface area contributed by atoms with Crippen LogP contribution in [-0.2, 0) is 6.42 Å². The minimum atomic E-state index is 0. The molecule has 0 aliphatic rings. The third kappa shape index (κ3) is 4.32. The van der Waals surface area contributed by atoms with Gasteiger partial charge in [-0.1, -0.05) is 0 Å². The first-order valence-corrected chi connectivity index (χ1v) is 5.36. The van der Waals surface area contributed by atoms with E-state index in [1.54, 1.807) is 0 Å². The smallest absolute Gasteiger partial charge is 0.200 e. The van der Waals surface area contributed by atoms with Gasteiger partial charge in [0.2, 0.25) is 5.75 Å². The number of halogens is 1. The van der Waals surface area contributed by atoms with Gasteiger partial charge in [0.15, 0.2) is 11.5 Å². The molecule has 0 fully saturated rings. The number of aromatic hydroxyl groups is 1. The van der Waals surface area contributed by atoms with Crippen LogP contribution in [0.2, 0.25) is 0 Å². The topological polar surface area (TPSA) is 64.7 Å². The normalized spacial score (nSPS) is 9.59. The number of ether oxygens (including phenoxy) is 2. The fraction of sp³-hybridized carbons (Fsp3) is 0.500. The summed E-state index contributed by atoms with van der Waals surface area (Å²) in [5.74, 6) is 0.941. The molecule has 0 unspecified atom stereocenters. The molecule has 0 aliphatic carbocycles. The third-order valence-corrected chi connectivity index (χ3v) is 2.46. The van der Waals surface area contributed by atoms with E-state index in [0.29, 0.717) is 18.0 Å². The first-order chi connectivity index (χ1) is 7.72. The van der Waals surface area contributed by atoms with Crippen LogP contribution in [0.4, 0.5) is 0 Å². The van der Waals surface area contributed by atoms with Crippen molar-refractivity contribution in [3.05, 3.63) is 17.7 Å². The van der Waals surface area contributed by atoms with Crippen LogP contribution in [0.15, 0.2) is 12.1 Å². The van der Waals surface area contributed by atoms with Crippen LogP contribution in [-0.4, -0.2) is 25.9 Å². The van der Waals surface area contributed by atoms with E-state index >= 15 is 0 Å². The minimum Gasteiger partial charge on any atom is -0.502 e. The van der Waals surface area contributed by atoms with E-state index in [-0.39, 0.29) is 18.2 Å². The largest absolute Gasteiger partial charge is 0.502 e. The fourth-order valence-electron chi connectivity index (χ4n) is 1.57. The van der Waals surface area contributed by atoms with Gasteiger partial charge in [-0.05, 0) is 43.5 Å². The summed E-state index contributed by atoms with van der Waals surface area (Å²) in [6.45, 7) is 0.701. The number of rotatable bonds is 6. The highest BCUT2D eigenvalue weighted by atomic mass is 35.5. The van der Waals surface area contributed by atoms with Crippen molar-refractivity contribution < 1.29 is 14.6 Å². The van der Waals surface area contributed by atoms with Crippen LogP contribution < -0.4 is 15.2 Å². The highest BCUT2D eigenvalue weighted by Gasteiger charge is 2.10. The molecule has 0 aromatic heterocycles. The van der Waals surface area contributed by atoms with E-state index in [1.165, 1.54) is 14.2 Å². The zero-order valence-electron chi connectivity index (χ0n) is 10.2. The lowest BCUT2D eigenvalue weighted by atomic mass is 10.1. The lowest BCUT2D eigenvalue weighted by Crippen LogP contribution is -1.99. The summed E-state index contributed by atoms with van der Waals surface area (Å²) in [6, 6.07) is 3.66. The highest BCUT2D eigenvalue weighted by Crippen LogP contribution is 2.37. The number of hydrogen-bond donors (Lipinski definition) is 2. The van der Waals surface area contributed by atoms with Gasteiger partial charge in [0.05, 0.1) is 14.2 Å². The molecule has 0 saturated heterocycles. The molecule has 5 heteroatoms. The Labute approximate surface area is 108 Å². The van der Waals surface area contributed by atoms with Gasteiger partial charge in [-0.2, -0.15) is 0 Å². The molecule has 4 nitrogen and oxygen atoms in total. The Bertz CT molecular complexity index is 320. The van der Waals surface area contributed by atoms with E-state index in [0.717, 1.165) is 24.8 Å². The number of benzene rings is 1. The van der Waals surface area contributed by atoms with Gasteiger partial charge in [0.1, 0.15) is 0 Å². The second-order valence-corrected chi connectivity index (χ2v) is 3.59. The lowest BCUT2D eigenvalue weighted by Gasteiger charge is -2.11. The highest BCUT2D eigenvalue weighted by molar-refractivity contribution is 5.85. The molecular weight excluding hydrogens is 242 g/mol. The van der Waals surface area contributed by atoms with Gasteiger partial charge < -0.3 is 20.3 Å². The standard InChI is InChI=1S/C12H19NO3.ClH/c1-15-10-7-9(5-3-4-6-13)8-11(16-2)12(10)14;/h7-8,14H,3-6,13H2,1-2H3;1H. The van der Waals surface area contributed by atoms with Gasteiger partial charge in [-0.3, -0.25) is 0 Å². The molecule has 0 atom stereocenters. The molecule has 1 aromatic rings. The van der Waals surface area contributed by atoms with Gasteiger partial charge >= 0.3 is 0 Å². The first kappa shape index (κ1) is 15.9. The monoisotopic (exact) mass is 261 g/mol. The van der Waals surface area contributed by atoms with Crippen molar-refractivity contribution in [2.75, 3.05) is 20.8 Å². The Morgan fingerprint density at radius 2 is 1.65 bits per heavy atom. The number of aryl methyl sites for hydroxylation is 1. The van der Waals surface area contributed by atoms with Crippen molar-refractivity contribution in [1.29, 1.82) is 0 Å². The van der Waals surface area contributed by atoms with Crippen LogP contribution in [0, 0.1) is 0 Å². The van der Waals surface area contributed by atoms with Crippen molar-refractivity contribution >= 4 is 12.4 Å². The minimum absolute atomic E-state index is 0. The SMILES string of the molecule is COc1cc(CCCCN)cc(OC)c1O.Cl. The molecule has 0 aliphatic heterocycles. The van der Waals surface area contributed by atoms with E-state index in [4.69, 9.17) is 15.2 Å². The molecule has 0 saturated carbocycles. The number of nitrogens with two attached hydrogens (primary N) is 1. The number of phenols is 1. The fourth-order valence-corrected chi connectivity index (χ4v) is 1.57. The maximum absolute atomic E-state index is 9.71. The number of phenolic OH excluding ortho intramolecular Hbond substituents is 1. The molecule has 0 radical (unpaired) electrons. The summed E-state index contributed by atoms with van der Waals surface area (Å²) in [5.41, 5.74) is 6.52. The quantitative estimate of drug-likeness (QED) is 0.770. The molecule has 0 amide bonds. The molecule has 98 valence electrons. The van der Waals surface area contributed by atoms with E-state index in [1.807, 2.05) is 12.1 Å². The first-order valence-electron chi connectivity index (χ1n) is 5.36. The van der Waals surface area contributed by atoms with Crippen molar-refractivity contribution in [2.45, 2.75) is 19.3 Å². The Balaban J connectivity index is 0.00000256. The van der Waals surface area contributed by atoms with E-state index < -0.39 is 0 Å². The Hall–Kier alpha value is -1.13. The predicted octanol–water partition coefficient (Wildman–Crippen LogP) is 2.11. The van der Waals surface area contributed by atoms with Crippen molar-refractivity contribution in [3.63, 3.8) is 0 Å². The van der Waals surface area contributed by atoms with Gasteiger partial charge in [0, 0.05) is 0 Å². The van der Waals surface area contributed by atoms with Crippen LogP contribution in [0.3, 0.4) is 0 Å². The lowest BCUT2D eigenvalue weighted by molar-refractivity contribution is 0.339. The summed E-state index contributed by atoms with van der Waals surface area (Å²) in [5, 5.41) is 9.71. The Morgan fingerprint density at radius 3 is 2.06 bits per heavy atom. The van der Waals surface area contributed by atoms with E-state index in [2.05, 4.69) is 0 Å². The average Bonchev–Trinajstić information content (AvgIpc) is 2.31. The molecule has 1 aromatic carbocycles. The zero-order valence-corrected chi connectivity index (χ0v) is 11.0. The molecule has 3 N–H and O–H groups in total. The second kappa shape index (κ2) is 8.03. The Morgan fingerprint density at radius 1 is 1.12 bits per heavy atom. The molecule has 1 rings (SSSR count). The van der Waals surface area contributed by atoms with Crippen molar-refractivity contribution in [2.24, 2.45) is 5.73 Å². The van der Waals surface area contributed by atoms with Crippen molar-refractivity contribution in [1.82, 2.24) is 0 Å². The van der Waals surface area contributed by atoms with Crippen LogP contribution in [0.25, 0.3) is 0 Å². The molecular formula is C12H20ClNO3. The molecule has 0 bridgehead atoms. The summed E-state index contributed by atoms with van der Waals surface area (Å²) < 4.78 is 10.2. The predicted molar refractivity (Wildman–Crippen MR) is 70.5 cm³/mol. The Kier molecular flexibility index (Phi) is 7.50. The van der Waals surface area contributed by atoms with Crippen molar-refractivity contribution in [3.8, 4) is 17.2 Å². The summed E-state index contributed by atoms with van der Waals surface area (Å²) in [7, 11) is 3.05. The number of unbranched alkanes of at least 4 members (excludes halogenated alkanes) is 1. The second-order valence-electron chi connectivity index (χ2n) is 3.59. The average molecular weight is 262 g/mol. The molecule has 0 heterocycles. The van der Waals surface area contributed by atoms with Gasteiger partial charge in [-0.15, -0.1) is 12.4 Å². The number of hydrogen-bond acceptors (Lipinski definition) is 4. The summed E-state index contributed by atoms with van der Waals surface area (Å²) in [4.78, 5) is 0. The van der Waals surface area contributed by atoms with Crippen LogP contribution in [0.1, 0.15) is 18.4 Å². The third-order valence-electron chi connectivity index (χ3n) is 2.46. The van der Waals surface area contributed by atoms with E-state index in [9.17, 15) is 5.11 Å². The van der Waals surface area contributed by atoms with Gasteiger partial charge in [-0.25, -0.2) is 0 Å². The zero-order chi connectivity index (χ0) is 12.0. The van der Waals surface area contributed by atoms with Crippen LogP contribution >= 0.6 is 12.4 Å². The number of methoxy groups -OCH3 is 2. The van der Waals surface area contributed by atoms with Gasteiger partial charge in [0.25, 0.3) is 0 Å².